The summed E-state index contributed by atoms with van der Waals surface area (Å²) in [5.41, 5.74) is -0.658. The number of thioether (sulfide) groups is 1. The van der Waals surface area contributed by atoms with Crippen LogP contribution in [0.1, 0.15) is 12.8 Å². The van der Waals surface area contributed by atoms with E-state index in [4.69, 9.17) is 0 Å². The Morgan fingerprint density at radius 1 is 1.38 bits per heavy atom. The maximum absolute atomic E-state index is 12.6. The van der Waals surface area contributed by atoms with Crippen LogP contribution in [0.3, 0.4) is 0 Å². The fourth-order valence-electron chi connectivity index (χ4n) is 2.43. The molecule has 2 heterocycles. The van der Waals surface area contributed by atoms with E-state index in [-0.39, 0.29) is 31.4 Å². The number of amides is 2. The molecule has 4 nitrogen and oxygen atoms in total. The number of rotatable bonds is 6. The number of likely N-dealkylation sites (tertiary alicyclic amines) is 1. The summed E-state index contributed by atoms with van der Waals surface area (Å²) in [6, 6.07) is 0. The van der Waals surface area contributed by atoms with Gasteiger partial charge in [-0.1, -0.05) is 0 Å². The SMILES string of the molecule is O=C1C[C@@]2(CCSC2)C(=O)N1CCOCC(F)(F)C(F)F. The van der Waals surface area contributed by atoms with Crippen molar-refractivity contribution in [3.8, 4) is 0 Å². The molecule has 21 heavy (non-hydrogen) atoms. The molecule has 0 aromatic carbocycles. The van der Waals surface area contributed by atoms with Crippen LogP contribution in [0.5, 0.6) is 0 Å². The number of hydrogen-bond acceptors (Lipinski definition) is 4. The zero-order valence-electron chi connectivity index (χ0n) is 11.1. The third kappa shape index (κ3) is 3.33. The largest absolute Gasteiger partial charge is 0.373 e. The minimum atomic E-state index is -4.22. The number of halogens is 4. The van der Waals surface area contributed by atoms with Crippen LogP contribution in [-0.2, 0) is 14.3 Å². The zero-order valence-corrected chi connectivity index (χ0v) is 11.9. The third-order valence-electron chi connectivity index (χ3n) is 3.67. The van der Waals surface area contributed by atoms with E-state index >= 15 is 0 Å². The minimum Gasteiger partial charge on any atom is -0.373 e. The molecule has 2 amide bonds. The molecule has 0 radical (unpaired) electrons. The first-order chi connectivity index (χ1) is 9.78. The van der Waals surface area contributed by atoms with Crippen molar-refractivity contribution < 1.29 is 31.9 Å². The van der Waals surface area contributed by atoms with Crippen molar-refractivity contribution in [3.05, 3.63) is 0 Å². The van der Waals surface area contributed by atoms with Gasteiger partial charge in [0.2, 0.25) is 11.8 Å². The minimum absolute atomic E-state index is 0.131. The van der Waals surface area contributed by atoms with Gasteiger partial charge in [0.1, 0.15) is 6.61 Å². The van der Waals surface area contributed by atoms with E-state index < -0.39 is 24.4 Å². The standard InChI is InChI=1S/C12H15F4NO3S/c13-9(14)12(15,16)6-20-3-2-17-8(18)5-11(10(17)19)1-4-21-7-11/h9H,1-7H2/t11-/m1/s1. The quantitative estimate of drug-likeness (QED) is 0.423. The first kappa shape index (κ1) is 16.5. The fourth-order valence-corrected chi connectivity index (χ4v) is 3.87. The van der Waals surface area contributed by atoms with Crippen LogP contribution in [0, 0.1) is 5.41 Å². The molecule has 0 bridgehead atoms. The molecule has 0 N–H and O–H groups in total. The van der Waals surface area contributed by atoms with E-state index in [1.54, 1.807) is 11.8 Å². The predicted molar refractivity (Wildman–Crippen MR) is 67.5 cm³/mol. The lowest BCUT2D eigenvalue weighted by Crippen LogP contribution is -2.39. The molecule has 2 fully saturated rings. The third-order valence-corrected chi connectivity index (χ3v) is 4.92. The number of carbonyl (C=O) groups excluding carboxylic acids is 2. The van der Waals surface area contributed by atoms with Gasteiger partial charge in [0.25, 0.3) is 0 Å². The summed E-state index contributed by atoms with van der Waals surface area (Å²) in [5, 5.41) is 0. The van der Waals surface area contributed by atoms with Crippen LogP contribution in [0.15, 0.2) is 0 Å². The highest BCUT2D eigenvalue weighted by molar-refractivity contribution is 7.99. The van der Waals surface area contributed by atoms with Crippen molar-refractivity contribution in [2.75, 3.05) is 31.3 Å². The second kappa shape index (κ2) is 6.12. The number of hydrogen-bond donors (Lipinski definition) is 0. The van der Waals surface area contributed by atoms with E-state index in [1.807, 2.05) is 0 Å². The predicted octanol–water partition coefficient (Wildman–Crippen LogP) is 1.79. The van der Waals surface area contributed by atoms with Crippen LogP contribution >= 0.6 is 11.8 Å². The van der Waals surface area contributed by atoms with Gasteiger partial charge >= 0.3 is 12.3 Å². The van der Waals surface area contributed by atoms with Crippen LogP contribution < -0.4 is 0 Å². The molecule has 2 aliphatic rings. The Labute approximate surface area is 123 Å². The molecule has 2 aliphatic heterocycles. The molecule has 0 aliphatic carbocycles. The van der Waals surface area contributed by atoms with Gasteiger partial charge in [-0.15, -0.1) is 0 Å². The van der Waals surface area contributed by atoms with E-state index in [0.717, 1.165) is 10.7 Å². The Morgan fingerprint density at radius 2 is 2.10 bits per heavy atom. The Bertz CT molecular complexity index is 427. The maximum atomic E-state index is 12.6. The number of imide groups is 1. The first-order valence-electron chi connectivity index (χ1n) is 6.45. The number of carbonyl (C=O) groups is 2. The molecular weight excluding hydrogens is 314 g/mol. The maximum Gasteiger partial charge on any atom is 0.330 e. The lowest BCUT2D eigenvalue weighted by molar-refractivity contribution is -0.167. The summed E-state index contributed by atoms with van der Waals surface area (Å²) in [5.74, 6) is -3.49. The van der Waals surface area contributed by atoms with Gasteiger partial charge in [-0.3, -0.25) is 14.5 Å². The first-order valence-corrected chi connectivity index (χ1v) is 7.60. The Balaban J connectivity index is 1.81. The van der Waals surface area contributed by atoms with Crippen molar-refractivity contribution in [3.63, 3.8) is 0 Å². The highest BCUT2D eigenvalue weighted by atomic mass is 32.2. The topological polar surface area (TPSA) is 46.6 Å². The zero-order chi connectivity index (χ0) is 15.7. The molecule has 9 heteroatoms. The Kier molecular flexibility index (Phi) is 4.82. The summed E-state index contributed by atoms with van der Waals surface area (Å²) in [4.78, 5) is 25.0. The second-order valence-electron chi connectivity index (χ2n) is 5.22. The fraction of sp³-hybridized carbons (Fsp3) is 0.833. The van der Waals surface area contributed by atoms with Gasteiger partial charge < -0.3 is 4.74 Å². The van der Waals surface area contributed by atoms with Crippen LogP contribution in [0.4, 0.5) is 17.6 Å². The second-order valence-corrected chi connectivity index (χ2v) is 6.33. The number of alkyl halides is 4. The monoisotopic (exact) mass is 329 g/mol. The van der Waals surface area contributed by atoms with Gasteiger partial charge in [-0.25, -0.2) is 8.78 Å². The van der Waals surface area contributed by atoms with Crippen molar-refractivity contribution in [1.82, 2.24) is 4.90 Å². The Hall–Kier alpha value is -0.830. The van der Waals surface area contributed by atoms with E-state index in [2.05, 4.69) is 4.74 Å². The summed E-state index contributed by atoms with van der Waals surface area (Å²) in [6.07, 6.45) is -3.04. The number of nitrogens with zero attached hydrogens (tertiary/aromatic N) is 1. The van der Waals surface area contributed by atoms with Crippen molar-refractivity contribution in [1.29, 1.82) is 0 Å². The van der Waals surface area contributed by atoms with Gasteiger partial charge in [0, 0.05) is 12.2 Å². The lowest BCUT2D eigenvalue weighted by atomic mass is 9.86. The van der Waals surface area contributed by atoms with E-state index in [0.29, 0.717) is 12.2 Å². The van der Waals surface area contributed by atoms with Gasteiger partial charge in [0.05, 0.1) is 18.6 Å². The smallest absolute Gasteiger partial charge is 0.330 e. The van der Waals surface area contributed by atoms with Crippen molar-refractivity contribution in [2.45, 2.75) is 25.2 Å². The van der Waals surface area contributed by atoms with Gasteiger partial charge in [0.15, 0.2) is 0 Å². The lowest BCUT2D eigenvalue weighted by Gasteiger charge is -2.21. The van der Waals surface area contributed by atoms with Crippen LogP contribution in [-0.4, -0.2) is 60.3 Å². The molecular formula is C12H15F4NO3S. The summed E-state index contributed by atoms with van der Waals surface area (Å²) < 4.78 is 53.5. The summed E-state index contributed by atoms with van der Waals surface area (Å²) >= 11 is 1.60. The van der Waals surface area contributed by atoms with Gasteiger partial charge in [-0.2, -0.15) is 20.5 Å². The number of ether oxygens (including phenoxy) is 1. The molecule has 2 rings (SSSR count). The van der Waals surface area contributed by atoms with E-state index in [9.17, 15) is 27.2 Å². The van der Waals surface area contributed by atoms with Gasteiger partial charge in [-0.05, 0) is 12.2 Å². The highest BCUT2D eigenvalue weighted by Gasteiger charge is 2.52. The average molecular weight is 329 g/mol. The molecule has 0 saturated carbocycles. The summed E-state index contributed by atoms with van der Waals surface area (Å²) in [6.45, 7) is -1.98. The van der Waals surface area contributed by atoms with E-state index in [1.165, 1.54) is 0 Å². The molecule has 0 aromatic rings. The van der Waals surface area contributed by atoms with Crippen molar-refractivity contribution >= 4 is 23.6 Å². The Morgan fingerprint density at radius 3 is 2.67 bits per heavy atom. The van der Waals surface area contributed by atoms with Crippen molar-refractivity contribution in [2.24, 2.45) is 5.41 Å². The van der Waals surface area contributed by atoms with Crippen LogP contribution in [0.25, 0.3) is 0 Å². The molecule has 120 valence electrons. The normalized spacial score (nSPS) is 26.6. The highest BCUT2D eigenvalue weighted by Crippen LogP contribution is 2.44. The molecule has 0 aromatic heterocycles. The molecule has 1 spiro atoms. The summed E-state index contributed by atoms with van der Waals surface area (Å²) in [7, 11) is 0. The molecule has 2 saturated heterocycles. The molecule has 0 unspecified atom stereocenters. The molecule has 1 atom stereocenters. The van der Waals surface area contributed by atoms with Crippen LogP contribution in [0.2, 0.25) is 0 Å². The average Bonchev–Trinajstić information content (AvgIpc) is 2.95.